The van der Waals surface area contributed by atoms with E-state index in [0.29, 0.717) is 11.7 Å². The predicted octanol–water partition coefficient (Wildman–Crippen LogP) is 1.64. The fourth-order valence-electron chi connectivity index (χ4n) is 2.32. The molecule has 120 valence electrons. The molecule has 8 heteroatoms. The van der Waals surface area contributed by atoms with Crippen LogP contribution in [0.25, 0.3) is 5.65 Å². The van der Waals surface area contributed by atoms with E-state index in [4.69, 9.17) is 4.74 Å². The van der Waals surface area contributed by atoms with Crippen molar-refractivity contribution in [1.29, 1.82) is 0 Å². The van der Waals surface area contributed by atoms with Gasteiger partial charge in [0.1, 0.15) is 6.10 Å². The van der Waals surface area contributed by atoms with Crippen LogP contribution in [0.4, 0.5) is 4.79 Å². The number of aromatic nitrogens is 4. The summed E-state index contributed by atoms with van der Waals surface area (Å²) < 4.78 is 6.83. The van der Waals surface area contributed by atoms with Crippen molar-refractivity contribution < 1.29 is 9.53 Å². The van der Waals surface area contributed by atoms with E-state index in [0.717, 1.165) is 6.42 Å². The maximum atomic E-state index is 11.9. The van der Waals surface area contributed by atoms with E-state index in [1.54, 1.807) is 17.5 Å². The number of hydrogen-bond donors (Lipinski definition) is 2. The van der Waals surface area contributed by atoms with E-state index in [1.807, 2.05) is 6.92 Å². The van der Waals surface area contributed by atoms with E-state index in [2.05, 4.69) is 34.3 Å². The maximum Gasteiger partial charge on any atom is 0.407 e. The molecule has 0 aliphatic carbocycles. The molecule has 2 rings (SSSR count). The van der Waals surface area contributed by atoms with E-state index in [1.165, 1.54) is 6.20 Å². The van der Waals surface area contributed by atoms with Crippen molar-refractivity contribution in [3.8, 4) is 0 Å². The number of amides is 1. The first-order chi connectivity index (χ1) is 10.4. The summed E-state index contributed by atoms with van der Waals surface area (Å²) in [6.45, 7) is 7.75. The SMILES string of the molecule is CC(C)CC(C)OC(=O)NC(C)c1nnc2c(=O)[nH]ccn12. The molecule has 22 heavy (non-hydrogen) atoms. The average molecular weight is 307 g/mol. The average Bonchev–Trinajstić information content (AvgIpc) is 2.82. The Morgan fingerprint density at radius 1 is 1.36 bits per heavy atom. The summed E-state index contributed by atoms with van der Waals surface area (Å²) in [4.78, 5) is 26.0. The summed E-state index contributed by atoms with van der Waals surface area (Å²) in [5.74, 6) is 0.918. The van der Waals surface area contributed by atoms with Crippen LogP contribution in [0.2, 0.25) is 0 Å². The maximum absolute atomic E-state index is 11.9. The Morgan fingerprint density at radius 3 is 2.77 bits per heavy atom. The Kier molecular flexibility index (Phi) is 4.79. The summed E-state index contributed by atoms with van der Waals surface area (Å²) >= 11 is 0. The zero-order valence-electron chi connectivity index (χ0n) is 13.2. The lowest BCUT2D eigenvalue weighted by Gasteiger charge is -2.17. The predicted molar refractivity (Wildman–Crippen MR) is 80.6 cm³/mol. The van der Waals surface area contributed by atoms with Crippen LogP contribution in [0.15, 0.2) is 17.2 Å². The number of H-pyrrole nitrogens is 1. The highest BCUT2D eigenvalue weighted by Crippen LogP contribution is 2.11. The third-order valence-corrected chi connectivity index (χ3v) is 3.20. The molecule has 0 radical (unpaired) electrons. The largest absolute Gasteiger partial charge is 0.447 e. The van der Waals surface area contributed by atoms with Crippen molar-refractivity contribution in [1.82, 2.24) is 24.9 Å². The van der Waals surface area contributed by atoms with Crippen molar-refractivity contribution in [2.24, 2.45) is 5.92 Å². The number of carbonyl (C=O) groups is 1. The van der Waals surface area contributed by atoms with E-state index in [9.17, 15) is 9.59 Å². The molecule has 2 aromatic rings. The third kappa shape index (κ3) is 3.63. The Balaban J connectivity index is 2.05. The van der Waals surface area contributed by atoms with E-state index >= 15 is 0 Å². The lowest BCUT2D eigenvalue weighted by molar-refractivity contribution is 0.0926. The van der Waals surface area contributed by atoms with Crippen molar-refractivity contribution in [3.63, 3.8) is 0 Å². The lowest BCUT2D eigenvalue weighted by Crippen LogP contribution is -2.31. The van der Waals surface area contributed by atoms with Crippen LogP contribution in [-0.2, 0) is 4.74 Å². The van der Waals surface area contributed by atoms with Gasteiger partial charge in [0, 0.05) is 12.4 Å². The quantitative estimate of drug-likeness (QED) is 0.874. The topological polar surface area (TPSA) is 101 Å². The van der Waals surface area contributed by atoms with Crippen LogP contribution in [-0.4, -0.2) is 31.8 Å². The van der Waals surface area contributed by atoms with Crippen molar-refractivity contribution >= 4 is 11.7 Å². The molecule has 8 nitrogen and oxygen atoms in total. The first-order valence-corrected chi connectivity index (χ1v) is 7.28. The van der Waals surface area contributed by atoms with E-state index < -0.39 is 12.1 Å². The van der Waals surface area contributed by atoms with Crippen molar-refractivity contribution in [3.05, 3.63) is 28.6 Å². The molecule has 0 bridgehead atoms. The van der Waals surface area contributed by atoms with Gasteiger partial charge in [0.2, 0.25) is 5.65 Å². The first kappa shape index (κ1) is 16.0. The highest BCUT2D eigenvalue weighted by atomic mass is 16.6. The highest BCUT2D eigenvalue weighted by molar-refractivity contribution is 5.67. The summed E-state index contributed by atoms with van der Waals surface area (Å²) in [6, 6.07) is -0.435. The van der Waals surface area contributed by atoms with Crippen LogP contribution in [0.1, 0.15) is 46.0 Å². The summed E-state index contributed by atoms with van der Waals surface area (Å²) in [7, 11) is 0. The number of alkyl carbamates (subject to hydrolysis) is 1. The first-order valence-electron chi connectivity index (χ1n) is 7.28. The fourth-order valence-corrected chi connectivity index (χ4v) is 2.32. The van der Waals surface area contributed by atoms with Gasteiger partial charge in [0.05, 0.1) is 6.04 Å². The molecule has 0 fully saturated rings. The van der Waals surface area contributed by atoms with Crippen LogP contribution in [0, 0.1) is 5.92 Å². The van der Waals surface area contributed by atoms with Crippen molar-refractivity contribution in [2.45, 2.75) is 46.3 Å². The number of ether oxygens (including phenoxy) is 1. The Labute approximate surface area is 127 Å². The van der Waals surface area contributed by atoms with Crippen molar-refractivity contribution in [2.75, 3.05) is 0 Å². The minimum absolute atomic E-state index is 0.162. The summed E-state index contributed by atoms with van der Waals surface area (Å²) in [5, 5.41) is 10.5. The number of fused-ring (bicyclic) bond motifs is 1. The molecule has 0 saturated heterocycles. The summed E-state index contributed by atoms with van der Waals surface area (Å²) in [6.07, 6.45) is 3.26. The molecule has 2 aromatic heterocycles. The second-order valence-corrected chi connectivity index (χ2v) is 5.75. The van der Waals surface area contributed by atoms with Crippen LogP contribution < -0.4 is 10.9 Å². The van der Waals surface area contributed by atoms with Crippen LogP contribution in [0.3, 0.4) is 0 Å². The molecular formula is C14H21N5O3. The number of rotatable bonds is 5. The van der Waals surface area contributed by atoms with Gasteiger partial charge >= 0.3 is 6.09 Å². The molecule has 2 unspecified atom stereocenters. The molecule has 1 amide bonds. The number of nitrogens with zero attached hydrogens (tertiary/aromatic N) is 3. The van der Waals surface area contributed by atoms with E-state index in [-0.39, 0.29) is 17.3 Å². The Morgan fingerprint density at radius 2 is 2.09 bits per heavy atom. The normalized spacial score (nSPS) is 14.0. The van der Waals surface area contributed by atoms with Gasteiger partial charge in [-0.2, -0.15) is 0 Å². The third-order valence-electron chi connectivity index (χ3n) is 3.20. The zero-order chi connectivity index (χ0) is 16.3. The van der Waals surface area contributed by atoms with Gasteiger partial charge < -0.3 is 15.0 Å². The standard InChI is InChI=1S/C14H21N5O3/c1-8(2)7-9(3)22-14(21)16-10(4)11-17-18-12-13(20)15-5-6-19(11)12/h5-6,8-10H,7H2,1-4H3,(H,15,20)(H,16,21). The monoisotopic (exact) mass is 307 g/mol. The highest BCUT2D eigenvalue weighted by Gasteiger charge is 2.19. The molecule has 2 atom stereocenters. The fraction of sp³-hybridized carbons (Fsp3) is 0.571. The molecule has 0 aliphatic rings. The number of hydrogen-bond acceptors (Lipinski definition) is 5. The molecule has 0 aromatic carbocycles. The van der Waals surface area contributed by atoms with Gasteiger partial charge in [0.15, 0.2) is 5.82 Å². The molecule has 0 saturated carbocycles. The molecule has 2 N–H and O–H groups in total. The molecule has 0 spiro atoms. The van der Waals surface area contributed by atoms with Gasteiger partial charge in [-0.1, -0.05) is 13.8 Å². The minimum Gasteiger partial charge on any atom is -0.447 e. The van der Waals surface area contributed by atoms with Crippen LogP contribution in [0.5, 0.6) is 0 Å². The Hall–Kier alpha value is -2.38. The van der Waals surface area contributed by atoms with Gasteiger partial charge in [-0.15, -0.1) is 10.2 Å². The Bertz CT molecular complexity index is 706. The minimum atomic E-state index is -0.512. The van der Waals surface area contributed by atoms with Gasteiger partial charge in [-0.3, -0.25) is 9.20 Å². The number of aromatic amines is 1. The smallest absolute Gasteiger partial charge is 0.407 e. The van der Waals surface area contributed by atoms with Gasteiger partial charge in [0.25, 0.3) is 5.56 Å². The zero-order valence-corrected chi connectivity index (χ0v) is 13.2. The second-order valence-electron chi connectivity index (χ2n) is 5.75. The number of nitrogens with one attached hydrogen (secondary N) is 2. The lowest BCUT2D eigenvalue weighted by atomic mass is 10.1. The molecule has 0 aliphatic heterocycles. The second kappa shape index (κ2) is 6.59. The van der Waals surface area contributed by atoms with Crippen LogP contribution >= 0.6 is 0 Å². The van der Waals surface area contributed by atoms with Gasteiger partial charge in [-0.05, 0) is 26.2 Å². The molecular weight excluding hydrogens is 286 g/mol. The van der Waals surface area contributed by atoms with Gasteiger partial charge in [-0.25, -0.2) is 4.79 Å². The summed E-state index contributed by atoms with van der Waals surface area (Å²) in [5.41, 5.74) is -0.144. The molecule has 2 heterocycles. The number of carbonyl (C=O) groups excluding carboxylic acids is 1.